The minimum atomic E-state index is -1.97. The van der Waals surface area contributed by atoms with Crippen LogP contribution in [0.3, 0.4) is 0 Å². The Balaban J connectivity index is 3.26. The molecule has 0 aromatic carbocycles. The number of ether oxygens (including phenoxy) is 5. The molecule has 0 spiro atoms. The van der Waals surface area contributed by atoms with Crippen molar-refractivity contribution in [3.05, 3.63) is 0 Å². The third kappa shape index (κ3) is 5.17. The number of rotatable bonds is 5. The zero-order chi connectivity index (χ0) is 18.5. The minimum Gasteiger partial charge on any atom is -0.459 e. The molecule has 0 bridgehead atoms. The van der Waals surface area contributed by atoms with Crippen LogP contribution >= 0.6 is 0 Å². The van der Waals surface area contributed by atoms with E-state index in [1.807, 2.05) is 0 Å². The second-order valence-electron chi connectivity index (χ2n) is 5.26. The van der Waals surface area contributed by atoms with Gasteiger partial charge in [-0.25, -0.2) is 0 Å². The van der Waals surface area contributed by atoms with Gasteiger partial charge in [0, 0.05) is 27.7 Å². The zero-order valence-electron chi connectivity index (χ0n) is 13.9. The number of hydrogen-bond acceptors (Lipinski definition) is 10. The molecule has 24 heavy (non-hydrogen) atoms. The largest absolute Gasteiger partial charge is 0.459 e. The second-order valence-corrected chi connectivity index (χ2v) is 5.26. The van der Waals surface area contributed by atoms with Gasteiger partial charge in [-0.2, -0.15) is 0 Å². The molecule has 1 fully saturated rings. The van der Waals surface area contributed by atoms with Gasteiger partial charge in [0.25, 0.3) is 5.79 Å². The number of carbonyl (C=O) groups is 4. The maximum absolute atomic E-state index is 11.5. The van der Waals surface area contributed by atoms with Gasteiger partial charge < -0.3 is 29.4 Å². The van der Waals surface area contributed by atoms with Gasteiger partial charge in [0.15, 0.2) is 12.7 Å². The van der Waals surface area contributed by atoms with E-state index in [0.717, 1.165) is 27.7 Å². The summed E-state index contributed by atoms with van der Waals surface area (Å²) >= 11 is 0. The van der Waals surface area contributed by atoms with Crippen molar-refractivity contribution in [3.63, 3.8) is 0 Å². The molecule has 1 rings (SSSR count). The van der Waals surface area contributed by atoms with Crippen molar-refractivity contribution in [1.82, 2.24) is 0 Å². The van der Waals surface area contributed by atoms with E-state index in [0.29, 0.717) is 0 Å². The molecule has 1 aliphatic heterocycles. The molecule has 2 N–H and O–H groups in total. The third-order valence-corrected chi connectivity index (χ3v) is 3.06. The van der Waals surface area contributed by atoms with Crippen molar-refractivity contribution in [2.45, 2.75) is 51.7 Å². The quantitative estimate of drug-likeness (QED) is 0.488. The van der Waals surface area contributed by atoms with Crippen molar-refractivity contribution < 1.29 is 42.9 Å². The van der Waals surface area contributed by atoms with Crippen molar-refractivity contribution in [1.29, 1.82) is 0 Å². The van der Waals surface area contributed by atoms with E-state index in [1.54, 1.807) is 0 Å². The van der Waals surface area contributed by atoms with Crippen LogP contribution in [0.5, 0.6) is 0 Å². The molecular formula is C14H21NO9. The molecule has 0 unspecified atom stereocenters. The van der Waals surface area contributed by atoms with Gasteiger partial charge in [0.2, 0.25) is 6.10 Å². The summed E-state index contributed by atoms with van der Waals surface area (Å²) in [5.74, 6) is -4.87. The summed E-state index contributed by atoms with van der Waals surface area (Å²) in [6.45, 7) is 3.73. The highest BCUT2D eigenvalue weighted by molar-refractivity contribution is 5.69. The van der Waals surface area contributed by atoms with Gasteiger partial charge in [-0.3, -0.25) is 19.2 Å². The van der Waals surface area contributed by atoms with Crippen molar-refractivity contribution in [3.8, 4) is 0 Å². The lowest BCUT2D eigenvalue weighted by Gasteiger charge is -2.46. The van der Waals surface area contributed by atoms with Gasteiger partial charge in [-0.1, -0.05) is 0 Å². The topological polar surface area (TPSA) is 140 Å². The van der Waals surface area contributed by atoms with Gasteiger partial charge in [0.05, 0.1) is 12.6 Å². The number of esters is 4. The standard InChI is InChI=1S/C14H21NO9/c1-7(16)20-6-14(24-10(4)19)13(23-9(3)18)12(22-8(2)17)11(15)5-21-14/h11-13H,5-6,15H2,1-4H3/t11-,12-,13-,14-/m1/s1. The fourth-order valence-corrected chi connectivity index (χ4v) is 2.25. The van der Waals surface area contributed by atoms with E-state index in [2.05, 4.69) is 0 Å². The maximum Gasteiger partial charge on any atom is 0.305 e. The van der Waals surface area contributed by atoms with Gasteiger partial charge in [-0.05, 0) is 0 Å². The predicted octanol–water partition coefficient (Wildman–Crippen LogP) is -0.970. The number of hydrogen-bond donors (Lipinski definition) is 1. The van der Waals surface area contributed by atoms with E-state index in [4.69, 9.17) is 29.4 Å². The molecule has 0 aliphatic carbocycles. The Morgan fingerprint density at radius 1 is 1.00 bits per heavy atom. The predicted molar refractivity (Wildman–Crippen MR) is 76.2 cm³/mol. The number of carbonyl (C=O) groups excluding carboxylic acids is 4. The van der Waals surface area contributed by atoms with Crippen molar-refractivity contribution in [2.24, 2.45) is 5.73 Å². The molecule has 4 atom stereocenters. The Labute approximate surface area is 138 Å². The first-order valence-electron chi connectivity index (χ1n) is 7.14. The van der Waals surface area contributed by atoms with Crippen molar-refractivity contribution >= 4 is 23.9 Å². The van der Waals surface area contributed by atoms with Crippen LogP contribution in [0.1, 0.15) is 27.7 Å². The summed E-state index contributed by atoms with van der Waals surface area (Å²) in [5.41, 5.74) is 5.86. The highest BCUT2D eigenvalue weighted by Crippen LogP contribution is 2.32. The Morgan fingerprint density at radius 2 is 1.58 bits per heavy atom. The average Bonchev–Trinajstić information content (AvgIpc) is 2.43. The molecule has 0 amide bonds. The Morgan fingerprint density at radius 3 is 2.04 bits per heavy atom. The molecule has 1 saturated heterocycles. The van der Waals surface area contributed by atoms with E-state index < -0.39 is 54.5 Å². The summed E-state index contributed by atoms with van der Waals surface area (Å²) in [4.78, 5) is 45.4. The highest BCUT2D eigenvalue weighted by Gasteiger charge is 2.57. The van der Waals surface area contributed by atoms with Crippen LogP contribution in [0, 0.1) is 0 Å². The molecule has 136 valence electrons. The van der Waals surface area contributed by atoms with Crippen LogP contribution in [-0.2, 0) is 42.9 Å². The Hall–Kier alpha value is -2.20. The van der Waals surface area contributed by atoms with Crippen LogP contribution < -0.4 is 5.73 Å². The lowest BCUT2D eigenvalue weighted by Crippen LogP contribution is -2.68. The maximum atomic E-state index is 11.5. The fourth-order valence-electron chi connectivity index (χ4n) is 2.25. The smallest absolute Gasteiger partial charge is 0.305 e. The third-order valence-electron chi connectivity index (χ3n) is 3.06. The highest BCUT2D eigenvalue weighted by atomic mass is 16.8. The lowest BCUT2D eigenvalue weighted by molar-refractivity contribution is -0.324. The summed E-state index contributed by atoms with van der Waals surface area (Å²) in [7, 11) is 0. The Kier molecular flexibility index (Phi) is 6.67. The molecule has 10 nitrogen and oxygen atoms in total. The molecule has 10 heteroatoms. The monoisotopic (exact) mass is 347 g/mol. The van der Waals surface area contributed by atoms with Crippen molar-refractivity contribution in [2.75, 3.05) is 13.2 Å². The molecule has 1 aliphatic rings. The first-order valence-corrected chi connectivity index (χ1v) is 7.14. The van der Waals surface area contributed by atoms with Crippen LogP contribution in [0.25, 0.3) is 0 Å². The molecular weight excluding hydrogens is 326 g/mol. The summed E-state index contributed by atoms with van der Waals surface area (Å²) < 4.78 is 25.7. The van der Waals surface area contributed by atoms with Gasteiger partial charge >= 0.3 is 23.9 Å². The Bertz CT molecular complexity index is 520. The number of nitrogens with two attached hydrogens (primary N) is 1. The minimum absolute atomic E-state index is 0.190. The van der Waals surface area contributed by atoms with Crippen LogP contribution in [0.4, 0.5) is 0 Å². The van der Waals surface area contributed by atoms with Crippen LogP contribution in [0.2, 0.25) is 0 Å². The summed E-state index contributed by atoms with van der Waals surface area (Å²) in [6, 6.07) is -0.848. The van der Waals surface area contributed by atoms with E-state index >= 15 is 0 Å². The van der Waals surface area contributed by atoms with Crippen LogP contribution in [0.15, 0.2) is 0 Å². The van der Waals surface area contributed by atoms with E-state index in [9.17, 15) is 19.2 Å². The second kappa shape index (κ2) is 8.06. The molecule has 0 radical (unpaired) electrons. The zero-order valence-corrected chi connectivity index (χ0v) is 13.9. The van der Waals surface area contributed by atoms with Gasteiger partial charge in [-0.15, -0.1) is 0 Å². The van der Waals surface area contributed by atoms with Crippen LogP contribution in [-0.4, -0.2) is 61.1 Å². The van der Waals surface area contributed by atoms with E-state index in [-0.39, 0.29) is 6.61 Å². The average molecular weight is 347 g/mol. The molecule has 1 heterocycles. The summed E-state index contributed by atoms with van der Waals surface area (Å²) in [5, 5.41) is 0. The molecule has 0 saturated carbocycles. The lowest BCUT2D eigenvalue weighted by atomic mass is 9.95. The van der Waals surface area contributed by atoms with Gasteiger partial charge in [0.1, 0.15) is 0 Å². The first kappa shape index (κ1) is 19.8. The molecule has 0 aromatic heterocycles. The summed E-state index contributed by atoms with van der Waals surface area (Å²) in [6.07, 6.45) is -2.57. The normalized spacial score (nSPS) is 29.3. The fraction of sp³-hybridized carbons (Fsp3) is 0.714. The first-order chi connectivity index (χ1) is 11.1. The SMILES string of the molecule is CC(=O)OC[C@]1(OC(C)=O)OC[C@@H](N)[C@@H](OC(C)=O)[C@H]1OC(C)=O. The van der Waals surface area contributed by atoms with E-state index in [1.165, 1.54) is 0 Å². The molecule has 0 aromatic rings.